The molecule has 2 aromatic heterocycles. The topological polar surface area (TPSA) is 57.0 Å². The first-order valence-electron chi connectivity index (χ1n) is 5.97. The van der Waals surface area contributed by atoms with Crippen molar-refractivity contribution in [2.24, 2.45) is 7.05 Å². The lowest BCUT2D eigenvalue weighted by Gasteiger charge is -2.04. The summed E-state index contributed by atoms with van der Waals surface area (Å²) >= 11 is 0. The molecule has 2 aromatic rings. The highest BCUT2D eigenvalue weighted by Crippen LogP contribution is 2.29. The Hall–Kier alpha value is -2.31. The van der Waals surface area contributed by atoms with Crippen molar-refractivity contribution in [3.8, 4) is 11.3 Å². The molecule has 0 aromatic carbocycles. The van der Waals surface area contributed by atoms with Gasteiger partial charge in [0.15, 0.2) is 0 Å². The molecule has 0 aliphatic carbocycles. The van der Waals surface area contributed by atoms with E-state index in [1.165, 1.54) is 29.3 Å². The Kier molecular flexibility index (Phi) is 4.07. The van der Waals surface area contributed by atoms with E-state index in [4.69, 9.17) is 4.74 Å². The van der Waals surface area contributed by atoms with Crippen LogP contribution in [0.1, 0.15) is 29.3 Å². The van der Waals surface area contributed by atoms with E-state index in [1.54, 1.807) is 14.0 Å². The molecule has 0 fully saturated rings. The number of aromatic nitrogens is 3. The van der Waals surface area contributed by atoms with Crippen LogP contribution < -0.4 is 0 Å². The molecule has 106 valence electrons. The lowest BCUT2D eigenvalue weighted by Crippen LogP contribution is -2.05. The molecule has 0 saturated carbocycles. The van der Waals surface area contributed by atoms with Crippen LogP contribution in [0.25, 0.3) is 11.3 Å². The fraction of sp³-hybridized carbons (Fsp3) is 0.308. The summed E-state index contributed by atoms with van der Waals surface area (Å²) < 4.78 is 32.0. The van der Waals surface area contributed by atoms with Crippen molar-refractivity contribution in [3.05, 3.63) is 35.8 Å². The van der Waals surface area contributed by atoms with Crippen LogP contribution in [0.15, 0.2) is 24.7 Å². The van der Waals surface area contributed by atoms with E-state index >= 15 is 0 Å². The van der Waals surface area contributed by atoms with Gasteiger partial charge in [-0.3, -0.25) is 9.67 Å². The average Bonchev–Trinajstić information content (AvgIpc) is 2.81. The molecular formula is C13H13F2N3O2. The number of rotatable bonds is 4. The minimum atomic E-state index is -2.65. The van der Waals surface area contributed by atoms with Gasteiger partial charge in [-0.2, -0.15) is 5.10 Å². The molecule has 0 unspecified atom stereocenters. The number of halogens is 2. The summed E-state index contributed by atoms with van der Waals surface area (Å²) in [7, 11) is 1.55. The van der Waals surface area contributed by atoms with Gasteiger partial charge >= 0.3 is 5.97 Å². The van der Waals surface area contributed by atoms with Gasteiger partial charge in [-0.25, -0.2) is 13.6 Å². The van der Waals surface area contributed by atoms with E-state index in [2.05, 4.69) is 10.1 Å². The molecule has 5 nitrogen and oxygen atoms in total. The van der Waals surface area contributed by atoms with Gasteiger partial charge in [0, 0.05) is 31.2 Å². The summed E-state index contributed by atoms with van der Waals surface area (Å²) in [5.41, 5.74) is 0.470. The maximum Gasteiger partial charge on any atom is 0.339 e. The Labute approximate surface area is 114 Å². The number of ether oxygens (including phenoxy) is 1. The highest BCUT2D eigenvalue weighted by atomic mass is 19.3. The first-order chi connectivity index (χ1) is 9.52. The second kappa shape index (κ2) is 5.77. The Morgan fingerprint density at radius 2 is 2.20 bits per heavy atom. The number of hydrogen-bond donors (Lipinski definition) is 0. The summed E-state index contributed by atoms with van der Waals surface area (Å²) in [6.07, 6.45) is 1.31. The highest BCUT2D eigenvalue weighted by Gasteiger charge is 2.19. The van der Waals surface area contributed by atoms with Crippen molar-refractivity contribution < 1.29 is 18.3 Å². The molecule has 0 saturated heterocycles. The zero-order valence-corrected chi connectivity index (χ0v) is 11.0. The van der Waals surface area contributed by atoms with E-state index in [9.17, 15) is 13.6 Å². The van der Waals surface area contributed by atoms with Crippen molar-refractivity contribution in [3.63, 3.8) is 0 Å². The number of carbonyl (C=O) groups excluding carboxylic acids is 1. The number of hydrogen-bond acceptors (Lipinski definition) is 4. The standard InChI is InChI=1S/C13H13F2N3O2/c1-3-20-13(19)9-4-8(5-16-6-9)11-10(12(14)15)7-18(2)17-11/h4-7,12H,3H2,1-2H3. The second-order valence-electron chi connectivity index (χ2n) is 4.09. The average molecular weight is 281 g/mol. The fourth-order valence-corrected chi connectivity index (χ4v) is 1.79. The summed E-state index contributed by atoms with van der Waals surface area (Å²) in [4.78, 5) is 15.5. The number of nitrogens with zero attached hydrogens (tertiary/aromatic N) is 3. The van der Waals surface area contributed by atoms with Crippen LogP contribution in [0, 0.1) is 0 Å². The fourth-order valence-electron chi connectivity index (χ4n) is 1.79. The molecule has 20 heavy (non-hydrogen) atoms. The van der Waals surface area contributed by atoms with Crippen LogP contribution in [0.2, 0.25) is 0 Å². The number of carbonyl (C=O) groups is 1. The normalized spacial score (nSPS) is 10.8. The van der Waals surface area contributed by atoms with Gasteiger partial charge < -0.3 is 4.74 Å². The molecule has 0 bridgehead atoms. The van der Waals surface area contributed by atoms with E-state index in [-0.39, 0.29) is 23.4 Å². The second-order valence-corrected chi connectivity index (χ2v) is 4.09. The zero-order chi connectivity index (χ0) is 14.7. The van der Waals surface area contributed by atoms with Crippen molar-refractivity contribution in [2.75, 3.05) is 6.61 Å². The largest absolute Gasteiger partial charge is 0.462 e. The van der Waals surface area contributed by atoms with E-state index in [1.807, 2.05) is 0 Å². The predicted molar refractivity (Wildman–Crippen MR) is 67.4 cm³/mol. The molecule has 0 amide bonds. The molecule has 2 heterocycles. The number of alkyl halides is 2. The monoisotopic (exact) mass is 281 g/mol. The Balaban J connectivity index is 2.43. The van der Waals surface area contributed by atoms with E-state index in [0.717, 1.165) is 0 Å². The third-order valence-electron chi connectivity index (χ3n) is 2.62. The summed E-state index contributed by atoms with van der Waals surface area (Å²) in [5.74, 6) is -0.545. The van der Waals surface area contributed by atoms with Gasteiger partial charge in [-0.05, 0) is 13.0 Å². The highest BCUT2D eigenvalue weighted by molar-refractivity contribution is 5.90. The predicted octanol–water partition coefficient (Wildman–Crippen LogP) is 2.60. The first-order valence-corrected chi connectivity index (χ1v) is 5.97. The number of pyridine rings is 1. The molecule has 2 rings (SSSR count). The van der Waals surface area contributed by atoms with Crippen LogP contribution in [-0.4, -0.2) is 27.3 Å². The molecule has 0 aliphatic rings. The number of esters is 1. The van der Waals surface area contributed by atoms with Gasteiger partial charge in [0.2, 0.25) is 0 Å². The minimum Gasteiger partial charge on any atom is -0.462 e. The van der Waals surface area contributed by atoms with Crippen LogP contribution >= 0.6 is 0 Å². The smallest absolute Gasteiger partial charge is 0.339 e. The van der Waals surface area contributed by atoms with Crippen LogP contribution in [0.5, 0.6) is 0 Å². The summed E-state index contributed by atoms with van der Waals surface area (Å²) in [5, 5.41) is 3.99. The SMILES string of the molecule is CCOC(=O)c1cncc(-c2nn(C)cc2C(F)F)c1. The molecule has 7 heteroatoms. The molecular weight excluding hydrogens is 268 g/mol. The van der Waals surface area contributed by atoms with Gasteiger partial charge in [-0.1, -0.05) is 0 Å². The van der Waals surface area contributed by atoms with Crippen molar-refractivity contribution in [2.45, 2.75) is 13.3 Å². The maximum atomic E-state index is 12.9. The number of aryl methyl sites for hydroxylation is 1. The van der Waals surface area contributed by atoms with Crippen molar-refractivity contribution in [1.29, 1.82) is 0 Å². The molecule has 0 radical (unpaired) electrons. The first kappa shape index (κ1) is 14.1. The van der Waals surface area contributed by atoms with E-state index < -0.39 is 12.4 Å². The Morgan fingerprint density at radius 3 is 2.85 bits per heavy atom. The third kappa shape index (κ3) is 2.81. The van der Waals surface area contributed by atoms with Gasteiger partial charge in [0.1, 0.15) is 5.69 Å². The quantitative estimate of drug-likeness (QED) is 0.808. The van der Waals surface area contributed by atoms with Crippen molar-refractivity contribution in [1.82, 2.24) is 14.8 Å². The van der Waals surface area contributed by atoms with E-state index in [0.29, 0.717) is 5.56 Å². The van der Waals surface area contributed by atoms with Crippen molar-refractivity contribution >= 4 is 5.97 Å². The molecule has 0 spiro atoms. The van der Waals surface area contributed by atoms with Gasteiger partial charge in [0.05, 0.1) is 17.7 Å². The molecule has 0 atom stereocenters. The lowest BCUT2D eigenvalue weighted by molar-refractivity contribution is 0.0526. The summed E-state index contributed by atoms with van der Waals surface area (Å²) in [6, 6.07) is 1.44. The summed E-state index contributed by atoms with van der Waals surface area (Å²) in [6.45, 7) is 1.91. The van der Waals surface area contributed by atoms with Crippen LogP contribution in [-0.2, 0) is 11.8 Å². The zero-order valence-electron chi connectivity index (χ0n) is 11.0. The maximum absolute atomic E-state index is 12.9. The third-order valence-corrected chi connectivity index (χ3v) is 2.62. The molecule has 0 N–H and O–H groups in total. The van der Waals surface area contributed by atoms with Crippen LogP contribution in [0.4, 0.5) is 8.78 Å². The Morgan fingerprint density at radius 1 is 1.45 bits per heavy atom. The van der Waals surface area contributed by atoms with Gasteiger partial charge in [0.25, 0.3) is 6.43 Å². The Bertz CT molecular complexity index is 626. The minimum absolute atomic E-state index is 0.112. The lowest BCUT2D eigenvalue weighted by atomic mass is 10.1. The van der Waals surface area contributed by atoms with Gasteiger partial charge in [-0.15, -0.1) is 0 Å². The molecule has 0 aliphatic heterocycles. The van der Waals surface area contributed by atoms with Crippen LogP contribution in [0.3, 0.4) is 0 Å².